The Hall–Kier alpha value is -4.08. The molecular formula is C31H35FN4O5. The van der Waals surface area contributed by atoms with Crippen molar-refractivity contribution in [2.24, 2.45) is 11.8 Å². The maximum absolute atomic E-state index is 14.8. The number of hydrogen-bond donors (Lipinski definition) is 1. The van der Waals surface area contributed by atoms with Gasteiger partial charge in [0.05, 0.1) is 37.3 Å². The van der Waals surface area contributed by atoms with E-state index in [0.717, 1.165) is 29.9 Å². The van der Waals surface area contributed by atoms with Crippen molar-refractivity contribution in [3.05, 3.63) is 48.3 Å². The van der Waals surface area contributed by atoms with Gasteiger partial charge in [-0.2, -0.15) is 0 Å². The van der Waals surface area contributed by atoms with E-state index in [-0.39, 0.29) is 35.7 Å². The van der Waals surface area contributed by atoms with Crippen LogP contribution in [0.25, 0.3) is 22.2 Å². The first-order chi connectivity index (χ1) is 19.6. The number of nitrogens with one attached hydrogen (secondary N) is 1. The van der Waals surface area contributed by atoms with E-state index in [4.69, 9.17) is 19.2 Å². The maximum Gasteiger partial charge on any atom is 0.410 e. The molecule has 3 aliphatic rings. The van der Waals surface area contributed by atoms with Crippen LogP contribution in [0.1, 0.15) is 27.2 Å². The van der Waals surface area contributed by atoms with Gasteiger partial charge in [-0.3, -0.25) is 4.79 Å². The molecule has 3 aromatic rings. The number of pyridine rings is 1. The van der Waals surface area contributed by atoms with Gasteiger partial charge in [-0.25, -0.2) is 14.2 Å². The van der Waals surface area contributed by atoms with Crippen LogP contribution in [0.15, 0.2) is 42.5 Å². The smallest absolute Gasteiger partial charge is 0.410 e. The summed E-state index contributed by atoms with van der Waals surface area (Å²) >= 11 is 0. The molecule has 2 aromatic carbocycles. The highest BCUT2D eigenvalue weighted by Gasteiger charge is 2.40. The number of ether oxygens (including phenoxy) is 3. The predicted octanol–water partition coefficient (Wildman–Crippen LogP) is 4.62. The second kappa shape index (κ2) is 10.4. The average Bonchev–Trinajstić information content (AvgIpc) is 3.34. The summed E-state index contributed by atoms with van der Waals surface area (Å²) in [5, 5.41) is 3.66. The Balaban J connectivity index is 1.23. The first-order valence-electron chi connectivity index (χ1n) is 14.0. The fourth-order valence-electron chi connectivity index (χ4n) is 5.83. The zero-order chi connectivity index (χ0) is 28.9. The van der Waals surface area contributed by atoms with Gasteiger partial charge >= 0.3 is 6.09 Å². The van der Waals surface area contributed by atoms with Crippen molar-refractivity contribution in [2.75, 3.05) is 44.7 Å². The highest BCUT2D eigenvalue weighted by molar-refractivity contribution is 5.96. The molecule has 2 atom stereocenters. The van der Waals surface area contributed by atoms with E-state index in [0.29, 0.717) is 42.8 Å². The van der Waals surface area contributed by atoms with E-state index in [1.54, 1.807) is 11.0 Å². The lowest BCUT2D eigenvalue weighted by atomic mass is 9.89. The zero-order valence-electron chi connectivity index (χ0n) is 23.8. The molecule has 1 aromatic heterocycles. The highest BCUT2D eigenvalue weighted by Crippen LogP contribution is 2.39. The summed E-state index contributed by atoms with van der Waals surface area (Å²) in [7, 11) is 1.44. The van der Waals surface area contributed by atoms with E-state index in [9.17, 15) is 14.0 Å². The molecule has 0 radical (unpaired) electrons. The van der Waals surface area contributed by atoms with Gasteiger partial charge < -0.3 is 29.3 Å². The van der Waals surface area contributed by atoms with Crippen LogP contribution in [0, 0.1) is 17.7 Å². The highest BCUT2D eigenvalue weighted by atomic mass is 19.1. The fourth-order valence-corrected chi connectivity index (χ4v) is 5.83. The molecular weight excluding hydrogens is 527 g/mol. The number of carbonyl (C=O) groups excluding carboxylic acids is 2. The van der Waals surface area contributed by atoms with Gasteiger partial charge in [0.1, 0.15) is 17.5 Å². The molecule has 2 amide bonds. The quantitative estimate of drug-likeness (QED) is 0.485. The number of carbonyl (C=O) groups is 2. The Labute approximate surface area is 238 Å². The van der Waals surface area contributed by atoms with Crippen molar-refractivity contribution in [1.29, 1.82) is 0 Å². The lowest BCUT2D eigenvalue weighted by Crippen LogP contribution is -2.57. The molecule has 41 heavy (non-hydrogen) atoms. The summed E-state index contributed by atoms with van der Waals surface area (Å²) in [5.41, 5.74) is 2.54. The number of rotatable bonds is 5. The number of fused-ring (bicyclic) bond motifs is 2. The summed E-state index contributed by atoms with van der Waals surface area (Å²) < 4.78 is 31.5. The van der Waals surface area contributed by atoms with E-state index >= 15 is 0 Å². The van der Waals surface area contributed by atoms with Crippen LogP contribution in [0.5, 0.6) is 11.5 Å². The van der Waals surface area contributed by atoms with Crippen LogP contribution >= 0.6 is 0 Å². The average molecular weight is 563 g/mol. The monoisotopic (exact) mass is 562 g/mol. The molecule has 10 heteroatoms. The molecule has 0 spiro atoms. The number of hydrogen-bond acceptors (Lipinski definition) is 7. The Kier molecular flexibility index (Phi) is 6.87. The first-order valence-corrected chi connectivity index (χ1v) is 14.0. The summed E-state index contributed by atoms with van der Waals surface area (Å²) in [6.07, 6.45) is 0.500. The molecule has 0 aliphatic carbocycles. The Morgan fingerprint density at radius 2 is 1.83 bits per heavy atom. The van der Waals surface area contributed by atoms with Crippen LogP contribution in [-0.4, -0.2) is 73.4 Å². The normalized spacial score (nSPS) is 20.9. The van der Waals surface area contributed by atoms with Gasteiger partial charge in [-0.15, -0.1) is 0 Å². The predicted molar refractivity (Wildman–Crippen MR) is 153 cm³/mol. The Morgan fingerprint density at radius 1 is 1.07 bits per heavy atom. The van der Waals surface area contributed by atoms with Crippen LogP contribution in [0.3, 0.4) is 0 Å². The topological polar surface area (TPSA) is 93.2 Å². The third-order valence-corrected chi connectivity index (χ3v) is 7.95. The van der Waals surface area contributed by atoms with Crippen molar-refractivity contribution in [3.63, 3.8) is 0 Å². The summed E-state index contributed by atoms with van der Waals surface area (Å²) in [5.74, 6) is 0.661. The third-order valence-electron chi connectivity index (χ3n) is 7.95. The number of benzene rings is 2. The van der Waals surface area contributed by atoms with Gasteiger partial charge in [-0.05, 0) is 69.5 Å². The number of amides is 2. The molecule has 216 valence electrons. The molecule has 9 nitrogen and oxygen atoms in total. The van der Waals surface area contributed by atoms with E-state index in [1.165, 1.54) is 13.2 Å². The second-order valence-corrected chi connectivity index (χ2v) is 12.0. The van der Waals surface area contributed by atoms with Crippen LogP contribution in [0.2, 0.25) is 0 Å². The number of methoxy groups -OCH3 is 1. The van der Waals surface area contributed by atoms with Crippen LogP contribution < -0.4 is 19.7 Å². The standard InChI is InChI=1S/C31H35FN4O5/c1-31(2,3)41-30(38)36-15-21(16-36)40-20-7-5-18(6-8-20)25-12-27(22-11-24(32)28(39-4)13-26(22)34-25)35-14-19-9-10-33-29(37)23(19)17-35/h5-8,11-13,19,21,23H,9-10,14-17H2,1-4H3,(H,33,37). The van der Waals surface area contributed by atoms with Crippen molar-refractivity contribution in [1.82, 2.24) is 15.2 Å². The molecule has 3 aliphatic heterocycles. The summed E-state index contributed by atoms with van der Waals surface area (Å²) in [4.78, 5) is 33.4. The Bertz CT molecular complexity index is 1480. The minimum absolute atomic E-state index is 0.0762. The molecule has 4 heterocycles. The minimum atomic E-state index is -0.531. The van der Waals surface area contributed by atoms with Gasteiger partial charge in [-0.1, -0.05) is 0 Å². The van der Waals surface area contributed by atoms with E-state index in [1.807, 2.05) is 51.1 Å². The largest absolute Gasteiger partial charge is 0.494 e. The third kappa shape index (κ3) is 5.47. The zero-order valence-corrected chi connectivity index (χ0v) is 23.8. The number of anilines is 1. The first kappa shape index (κ1) is 27.1. The minimum Gasteiger partial charge on any atom is -0.494 e. The molecule has 3 fully saturated rings. The fraction of sp³-hybridized carbons (Fsp3) is 0.452. The maximum atomic E-state index is 14.8. The number of likely N-dealkylation sites (tertiary alicyclic amines) is 1. The molecule has 3 saturated heterocycles. The van der Waals surface area contributed by atoms with Crippen molar-refractivity contribution in [3.8, 4) is 22.8 Å². The number of halogens is 1. The van der Waals surface area contributed by atoms with Crippen LogP contribution in [-0.2, 0) is 9.53 Å². The molecule has 0 bridgehead atoms. The van der Waals surface area contributed by atoms with Crippen molar-refractivity contribution < 1.29 is 28.2 Å². The van der Waals surface area contributed by atoms with Gasteiger partial charge in [0.25, 0.3) is 0 Å². The number of aromatic nitrogens is 1. The SMILES string of the molecule is COc1cc2nc(-c3ccc(OC4CN(C(=O)OC(C)(C)C)C4)cc3)cc(N3CC4CCNC(=O)C4C3)c2cc1F. The molecule has 2 unspecified atom stereocenters. The van der Waals surface area contributed by atoms with Crippen molar-refractivity contribution >= 4 is 28.6 Å². The number of nitrogens with zero attached hydrogens (tertiary/aromatic N) is 3. The van der Waals surface area contributed by atoms with Gasteiger partial charge in [0, 0.05) is 42.3 Å². The van der Waals surface area contributed by atoms with E-state index in [2.05, 4.69) is 10.2 Å². The van der Waals surface area contributed by atoms with E-state index < -0.39 is 11.4 Å². The second-order valence-electron chi connectivity index (χ2n) is 12.0. The van der Waals surface area contributed by atoms with Crippen molar-refractivity contribution in [2.45, 2.75) is 38.9 Å². The molecule has 6 rings (SSSR count). The lowest BCUT2D eigenvalue weighted by molar-refractivity contribution is -0.127. The Morgan fingerprint density at radius 3 is 2.51 bits per heavy atom. The molecule has 1 N–H and O–H groups in total. The van der Waals surface area contributed by atoms with Crippen LogP contribution in [0.4, 0.5) is 14.9 Å². The summed E-state index contributed by atoms with van der Waals surface area (Å²) in [6.45, 7) is 8.49. The number of piperidine rings is 1. The summed E-state index contributed by atoms with van der Waals surface area (Å²) in [6, 6.07) is 12.7. The van der Waals surface area contributed by atoms with Gasteiger partial charge in [0.2, 0.25) is 5.91 Å². The molecule has 0 saturated carbocycles. The van der Waals surface area contributed by atoms with Gasteiger partial charge in [0.15, 0.2) is 11.6 Å². The lowest BCUT2D eigenvalue weighted by Gasteiger charge is -2.39.